The van der Waals surface area contributed by atoms with Crippen molar-refractivity contribution in [3.63, 3.8) is 0 Å². The predicted octanol–water partition coefficient (Wildman–Crippen LogP) is 3.50. The molecular formula is C16H17N. The first-order valence-electron chi connectivity index (χ1n) is 6.13. The molecule has 0 spiro atoms. The fourth-order valence-electron chi connectivity index (χ4n) is 2.52. The number of aryl methyl sites for hydroxylation is 2. The largest absolute Gasteiger partial charge is 0.302 e. The Bertz CT molecular complexity index is 540. The van der Waals surface area contributed by atoms with Gasteiger partial charge in [0, 0.05) is 6.54 Å². The average Bonchev–Trinajstić information content (AvgIpc) is 2.73. The lowest BCUT2D eigenvalue weighted by molar-refractivity contribution is 0.667. The SMILES string of the molecule is Cc1ccc(C2NCc3ccc(C)cc32)cc1. The van der Waals surface area contributed by atoms with Gasteiger partial charge in [-0.25, -0.2) is 0 Å². The maximum Gasteiger partial charge on any atom is 0.0582 e. The summed E-state index contributed by atoms with van der Waals surface area (Å²) in [5.41, 5.74) is 6.88. The highest BCUT2D eigenvalue weighted by atomic mass is 14.9. The molecular weight excluding hydrogens is 206 g/mol. The summed E-state index contributed by atoms with van der Waals surface area (Å²) in [7, 11) is 0. The van der Waals surface area contributed by atoms with E-state index in [1.165, 1.54) is 27.8 Å². The molecule has 0 fully saturated rings. The second kappa shape index (κ2) is 4.01. The normalized spacial score (nSPS) is 18.1. The van der Waals surface area contributed by atoms with Crippen LogP contribution in [-0.4, -0.2) is 0 Å². The van der Waals surface area contributed by atoms with E-state index in [4.69, 9.17) is 0 Å². The number of rotatable bonds is 1. The van der Waals surface area contributed by atoms with E-state index >= 15 is 0 Å². The Morgan fingerprint density at radius 3 is 2.41 bits per heavy atom. The maximum atomic E-state index is 3.59. The van der Waals surface area contributed by atoms with Gasteiger partial charge in [0.1, 0.15) is 0 Å². The van der Waals surface area contributed by atoms with Crippen LogP contribution in [0.4, 0.5) is 0 Å². The molecule has 0 bridgehead atoms. The van der Waals surface area contributed by atoms with Crippen molar-refractivity contribution in [1.29, 1.82) is 0 Å². The molecule has 0 aliphatic carbocycles. The molecule has 3 rings (SSSR count). The number of nitrogens with one attached hydrogen (secondary N) is 1. The standard InChI is InChI=1S/C16H17N/c1-11-3-6-13(7-4-11)16-15-9-12(2)5-8-14(15)10-17-16/h3-9,16-17H,10H2,1-2H3. The van der Waals surface area contributed by atoms with Gasteiger partial charge in [0.05, 0.1) is 6.04 Å². The monoisotopic (exact) mass is 223 g/mol. The first kappa shape index (κ1) is 10.5. The van der Waals surface area contributed by atoms with Crippen LogP contribution in [0.2, 0.25) is 0 Å². The third-order valence-electron chi connectivity index (χ3n) is 3.52. The second-order valence-corrected chi connectivity index (χ2v) is 4.93. The Balaban J connectivity index is 2.03. The molecule has 1 nitrogen and oxygen atoms in total. The van der Waals surface area contributed by atoms with E-state index in [1.54, 1.807) is 0 Å². The minimum absolute atomic E-state index is 0.366. The van der Waals surface area contributed by atoms with Crippen LogP contribution in [0.5, 0.6) is 0 Å². The molecule has 1 heterocycles. The first-order chi connectivity index (χ1) is 8.24. The van der Waals surface area contributed by atoms with Crippen molar-refractivity contribution in [3.05, 3.63) is 70.3 Å². The Labute approximate surface area is 102 Å². The van der Waals surface area contributed by atoms with E-state index in [0.29, 0.717) is 6.04 Å². The summed E-state index contributed by atoms with van der Waals surface area (Å²) < 4.78 is 0. The van der Waals surface area contributed by atoms with Crippen molar-refractivity contribution in [3.8, 4) is 0 Å². The molecule has 2 aromatic carbocycles. The van der Waals surface area contributed by atoms with Gasteiger partial charge in [-0.15, -0.1) is 0 Å². The Kier molecular flexibility index (Phi) is 2.49. The highest BCUT2D eigenvalue weighted by Gasteiger charge is 2.22. The second-order valence-electron chi connectivity index (χ2n) is 4.93. The molecule has 0 amide bonds. The van der Waals surface area contributed by atoms with Crippen LogP contribution in [-0.2, 0) is 6.54 Å². The molecule has 2 aromatic rings. The van der Waals surface area contributed by atoms with Gasteiger partial charge in [0.25, 0.3) is 0 Å². The summed E-state index contributed by atoms with van der Waals surface area (Å²) in [6, 6.07) is 15.9. The molecule has 0 radical (unpaired) electrons. The summed E-state index contributed by atoms with van der Waals surface area (Å²) in [5, 5.41) is 3.59. The highest BCUT2D eigenvalue weighted by Crippen LogP contribution is 2.31. The summed E-state index contributed by atoms with van der Waals surface area (Å²) >= 11 is 0. The molecule has 1 N–H and O–H groups in total. The predicted molar refractivity (Wildman–Crippen MR) is 71.0 cm³/mol. The number of hydrogen-bond acceptors (Lipinski definition) is 1. The van der Waals surface area contributed by atoms with E-state index in [2.05, 4.69) is 61.6 Å². The van der Waals surface area contributed by atoms with Crippen LogP contribution in [0.1, 0.15) is 33.9 Å². The molecule has 0 aromatic heterocycles. The van der Waals surface area contributed by atoms with E-state index in [-0.39, 0.29) is 0 Å². The van der Waals surface area contributed by atoms with Gasteiger partial charge in [-0.1, -0.05) is 53.6 Å². The number of fused-ring (bicyclic) bond motifs is 1. The van der Waals surface area contributed by atoms with E-state index in [1.807, 2.05) is 0 Å². The van der Waals surface area contributed by atoms with Gasteiger partial charge >= 0.3 is 0 Å². The van der Waals surface area contributed by atoms with Crippen molar-refractivity contribution in [2.45, 2.75) is 26.4 Å². The number of hydrogen-bond donors (Lipinski definition) is 1. The van der Waals surface area contributed by atoms with Crippen molar-refractivity contribution in [2.24, 2.45) is 0 Å². The lowest BCUT2D eigenvalue weighted by atomic mass is 9.96. The van der Waals surface area contributed by atoms with Crippen LogP contribution in [0.15, 0.2) is 42.5 Å². The van der Waals surface area contributed by atoms with Gasteiger partial charge in [0.2, 0.25) is 0 Å². The Morgan fingerprint density at radius 2 is 1.65 bits per heavy atom. The van der Waals surface area contributed by atoms with E-state index < -0.39 is 0 Å². The van der Waals surface area contributed by atoms with Gasteiger partial charge in [-0.2, -0.15) is 0 Å². The molecule has 1 heteroatoms. The summed E-state index contributed by atoms with van der Waals surface area (Å²) in [4.78, 5) is 0. The molecule has 0 saturated heterocycles. The van der Waals surface area contributed by atoms with E-state index in [0.717, 1.165) is 6.54 Å². The van der Waals surface area contributed by atoms with Gasteiger partial charge < -0.3 is 5.32 Å². The smallest absolute Gasteiger partial charge is 0.0582 e. The molecule has 1 aliphatic heterocycles. The molecule has 1 atom stereocenters. The van der Waals surface area contributed by atoms with Gasteiger partial charge in [0.15, 0.2) is 0 Å². The van der Waals surface area contributed by atoms with Crippen LogP contribution >= 0.6 is 0 Å². The minimum Gasteiger partial charge on any atom is -0.302 e. The maximum absolute atomic E-state index is 3.59. The lowest BCUT2D eigenvalue weighted by Gasteiger charge is -2.13. The number of benzene rings is 2. The quantitative estimate of drug-likeness (QED) is 0.780. The zero-order chi connectivity index (χ0) is 11.8. The van der Waals surface area contributed by atoms with Gasteiger partial charge in [-0.05, 0) is 30.5 Å². The molecule has 17 heavy (non-hydrogen) atoms. The van der Waals surface area contributed by atoms with E-state index in [9.17, 15) is 0 Å². The molecule has 1 aliphatic rings. The van der Waals surface area contributed by atoms with Crippen molar-refractivity contribution in [1.82, 2.24) is 5.32 Å². The van der Waals surface area contributed by atoms with Crippen LogP contribution in [0, 0.1) is 13.8 Å². The third kappa shape index (κ3) is 1.87. The summed E-state index contributed by atoms with van der Waals surface area (Å²) in [6.45, 7) is 5.27. The lowest BCUT2D eigenvalue weighted by Crippen LogP contribution is -2.13. The molecule has 0 saturated carbocycles. The van der Waals surface area contributed by atoms with Crippen molar-refractivity contribution < 1.29 is 0 Å². The third-order valence-corrected chi connectivity index (χ3v) is 3.52. The van der Waals surface area contributed by atoms with Crippen LogP contribution in [0.3, 0.4) is 0 Å². The molecule has 86 valence electrons. The summed E-state index contributed by atoms with van der Waals surface area (Å²) in [5.74, 6) is 0. The Hall–Kier alpha value is -1.60. The minimum atomic E-state index is 0.366. The summed E-state index contributed by atoms with van der Waals surface area (Å²) in [6.07, 6.45) is 0. The first-order valence-corrected chi connectivity index (χ1v) is 6.13. The topological polar surface area (TPSA) is 12.0 Å². The zero-order valence-corrected chi connectivity index (χ0v) is 10.3. The zero-order valence-electron chi connectivity index (χ0n) is 10.3. The average molecular weight is 223 g/mol. The molecule has 1 unspecified atom stereocenters. The van der Waals surface area contributed by atoms with Crippen LogP contribution in [0.25, 0.3) is 0 Å². The van der Waals surface area contributed by atoms with Crippen molar-refractivity contribution in [2.75, 3.05) is 0 Å². The fraction of sp³-hybridized carbons (Fsp3) is 0.250. The Morgan fingerprint density at radius 1 is 0.941 bits per heavy atom. The van der Waals surface area contributed by atoms with Crippen molar-refractivity contribution >= 4 is 0 Å². The fourth-order valence-corrected chi connectivity index (χ4v) is 2.52. The highest BCUT2D eigenvalue weighted by molar-refractivity contribution is 5.43. The van der Waals surface area contributed by atoms with Gasteiger partial charge in [-0.3, -0.25) is 0 Å². The van der Waals surface area contributed by atoms with Crippen LogP contribution < -0.4 is 5.32 Å².